The average Bonchev–Trinajstić information content (AvgIpc) is 2.87. The molecule has 0 spiro atoms. The first-order chi connectivity index (χ1) is 16.2. The van der Waals surface area contributed by atoms with Crippen LogP contribution in [0.2, 0.25) is 0 Å². The summed E-state index contributed by atoms with van der Waals surface area (Å²) in [7, 11) is 1.63. The number of pyridine rings is 2. The van der Waals surface area contributed by atoms with E-state index in [9.17, 15) is 4.39 Å². The highest BCUT2D eigenvalue weighted by molar-refractivity contribution is 7.99. The van der Waals surface area contributed by atoms with Crippen LogP contribution in [0.1, 0.15) is 24.0 Å². The fraction of sp³-hybridized carbons (Fsp3) is 0.440. The second kappa shape index (κ2) is 12.9. The third kappa shape index (κ3) is 6.68. The predicted molar refractivity (Wildman–Crippen MR) is 143 cm³/mol. The van der Waals surface area contributed by atoms with Gasteiger partial charge in [-0.25, -0.2) is 9.37 Å². The summed E-state index contributed by atoms with van der Waals surface area (Å²) >= 11 is 1.75. The summed E-state index contributed by atoms with van der Waals surface area (Å²) in [5, 5.41) is 5.51. The zero-order chi connectivity index (χ0) is 22.6. The van der Waals surface area contributed by atoms with E-state index in [0.717, 1.165) is 89.9 Å². The van der Waals surface area contributed by atoms with Gasteiger partial charge in [-0.3, -0.25) is 4.98 Å². The van der Waals surface area contributed by atoms with Crippen LogP contribution in [0, 0.1) is 5.82 Å². The zero-order valence-corrected chi connectivity index (χ0v) is 22.1. The maximum atomic E-state index is 14.6. The first kappa shape index (κ1) is 27.7. The Labute approximate surface area is 222 Å². The van der Waals surface area contributed by atoms with E-state index >= 15 is 0 Å². The number of nitrogens with one attached hydrogen (secondary N) is 1. The summed E-state index contributed by atoms with van der Waals surface area (Å²) in [4.78, 5) is 11.2. The summed E-state index contributed by atoms with van der Waals surface area (Å²) in [5.74, 6) is 2.36. The first-order valence-corrected chi connectivity index (χ1v) is 12.5. The number of hydrogen-bond donors (Lipinski definition) is 1. The molecule has 3 aromatic rings. The molecule has 0 amide bonds. The molecule has 0 bridgehead atoms. The highest BCUT2D eigenvalue weighted by atomic mass is 35.5. The third-order valence-electron chi connectivity index (χ3n) is 6.45. The molecule has 0 aliphatic carbocycles. The minimum Gasteiger partial charge on any atom is -0.497 e. The number of aromatic nitrogens is 2. The van der Waals surface area contributed by atoms with E-state index in [1.165, 1.54) is 6.20 Å². The van der Waals surface area contributed by atoms with Crippen LogP contribution in [0.25, 0.3) is 10.9 Å². The third-order valence-corrected chi connectivity index (χ3v) is 7.40. The average molecular weight is 542 g/mol. The topological polar surface area (TPSA) is 59.5 Å². The van der Waals surface area contributed by atoms with Gasteiger partial charge in [0.15, 0.2) is 5.75 Å². The molecule has 1 aromatic carbocycles. The highest BCUT2D eigenvalue weighted by Gasteiger charge is 2.20. The molecule has 190 valence electrons. The van der Waals surface area contributed by atoms with Gasteiger partial charge in [0.25, 0.3) is 0 Å². The van der Waals surface area contributed by atoms with Crippen molar-refractivity contribution in [3.63, 3.8) is 0 Å². The van der Waals surface area contributed by atoms with E-state index in [0.29, 0.717) is 12.5 Å². The van der Waals surface area contributed by atoms with Gasteiger partial charge in [0.1, 0.15) is 16.6 Å². The maximum Gasteiger partial charge on any atom is 0.151 e. The molecular formula is C25H31Cl2FN4O2S. The van der Waals surface area contributed by atoms with E-state index in [1.807, 2.05) is 24.4 Å². The smallest absolute Gasteiger partial charge is 0.151 e. The molecule has 0 radical (unpaired) electrons. The van der Waals surface area contributed by atoms with E-state index in [2.05, 4.69) is 26.3 Å². The Hall–Kier alpha value is -1.84. The Morgan fingerprint density at radius 1 is 1.17 bits per heavy atom. The zero-order valence-electron chi connectivity index (χ0n) is 19.7. The molecular weight excluding hydrogens is 510 g/mol. The second-order valence-electron chi connectivity index (χ2n) is 8.56. The molecule has 2 aliphatic heterocycles. The van der Waals surface area contributed by atoms with E-state index in [4.69, 9.17) is 9.47 Å². The number of methoxy groups -OCH3 is 1. The lowest BCUT2D eigenvalue weighted by molar-refractivity contribution is 0.199. The molecule has 1 fully saturated rings. The van der Waals surface area contributed by atoms with Gasteiger partial charge in [-0.2, -0.15) is 0 Å². The minimum absolute atomic E-state index is 0. The van der Waals surface area contributed by atoms with Crippen molar-refractivity contribution in [1.82, 2.24) is 20.2 Å². The lowest BCUT2D eigenvalue weighted by atomic mass is 10.0. The van der Waals surface area contributed by atoms with Crippen molar-refractivity contribution in [2.24, 2.45) is 0 Å². The molecule has 4 heterocycles. The van der Waals surface area contributed by atoms with Crippen LogP contribution in [0.3, 0.4) is 0 Å². The van der Waals surface area contributed by atoms with Crippen molar-refractivity contribution in [1.29, 1.82) is 0 Å². The maximum absolute atomic E-state index is 14.6. The molecule has 1 saturated heterocycles. The Morgan fingerprint density at radius 2 is 2.00 bits per heavy atom. The second-order valence-corrected chi connectivity index (χ2v) is 9.64. The number of hydrogen-bond acceptors (Lipinski definition) is 7. The quantitative estimate of drug-likeness (QED) is 0.457. The summed E-state index contributed by atoms with van der Waals surface area (Å²) in [5.41, 5.74) is 2.68. The van der Waals surface area contributed by atoms with E-state index in [-0.39, 0.29) is 30.6 Å². The number of ether oxygens (including phenoxy) is 2. The summed E-state index contributed by atoms with van der Waals surface area (Å²) in [6.07, 6.45) is 6.11. The van der Waals surface area contributed by atoms with Gasteiger partial charge >= 0.3 is 0 Å². The van der Waals surface area contributed by atoms with Crippen LogP contribution in [-0.2, 0) is 13.0 Å². The molecule has 0 unspecified atom stereocenters. The fourth-order valence-electron chi connectivity index (χ4n) is 4.55. The van der Waals surface area contributed by atoms with Crippen molar-refractivity contribution in [2.75, 3.05) is 39.1 Å². The van der Waals surface area contributed by atoms with Gasteiger partial charge in [0.2, 0.25) is 0 Å². The fourth-order valence-corrected chi connectivity index (χ4v) is 5.29. The molecule has 2 aliphatic rings. The lowest BCUT2D eigenvalue weighted by Crippen LogP contribution is -2.42. The summed E-state index contributed by atoms with van der Waals surface area (Å²) < 4.78 is 25.6. The van der Waals surface area contributed by atoms with Crippen molar-refractivity contribution in [3.05, 3.63) is 53.6 Å². The number of benzene rings is 1. The first-order valence-electron chi connectivity index (χ1n) is 11.5. The lowest BCUT2D eigenvalue weighted by Gasteiger charge is -2.32. The molecule has 0 saturated carbocycles. The molecule has 2 aromatic heterocycles. The van der Waals surface area contributed by atoms with Gasteiger partial charge in [0, 0.05) is 42.0 Å². The van der Waals surface area contributed by atoms with E-state index in [1.54, 1.807) is 18.9 Å². The van der Waals surface area contributed by atoms with Crippen LogP contribution in [0.15, 0.2) is 41.7 Å². The largest absolute Gasteiger partial charge is 0.497 e. The van der Waals surface area contributed by atoms with Crippen LogP contribution in [0.4, 0.5) is 4.39 Å². The number of fused-ring (bicyclic) bond motifs is 2. The predicted octanol–water partition coefficient (Wildman–Crippen LogP) is 4.90. The molecule has 6 nitrogen and oxygen atoms in total. The molecule has 0 atom stereocenters. The molecule has 35 heavy (non-hydrogen) atoms. The highest BCUT2D eigenvalue weighted by Crippen LogP contribution is 2.31. The van der Waals surface area contributed by atoms with Crippen LogP contribution < -0.4 is 14.8 Å². The Balaban J connectivity index is 0.00000171. The standard InChI is InChI=1S/C25H29FN4O2S.2ClH/c1-31-19-2-3-23-21(13-19)20(22(26)16-28-23)6-9-30-7-4-18(5-8-30)27-14-17-12-24-25(29-15-17)33-11-10-32-24;;/h2-3,12-13,15-16,18,27H,4-11,14H2,1H3;2*1H. The number of thioether (sulfide) groups is 1. The van der Waals surface area contributed by atoms with Crippen LogP contribution in [0.5, 0.6) is 11.5 Å². The minimum atomic E-state index is -0.242. The number of likely N-dealkylation sites (tertiary alicyclic amines) is 1. The monoisotopic (exact) mass is 540 g/mol. The SMILES string of the molecule is COc1ccc2ncc(F)c(CCN3CCC(NCc4cnc5c(c4)OCCS5)CC3)c2c1.Cl.Cl. The Bertz CT molecular complexity index is 1130. The van der Waals surface area contributed by atoms with Crippen molar-refractivity contribution in [2.45, 2.75) is 36.9 Å². The van der Waals surface area contributed by atoms with E-state index < -0.39 is 0 Å². The van der Waals surface area contributed by atoms with Crippen molar-refractivity contribution < 1.29 is 13.9 Å². The van der Waals surface area contributed by atoms with Crippen LogP contribution in [-0.4, -0.2) is 60.0 Å². The number of rotatable bonds is 7. The number of nitrogens with zero attached hydrogens (tertiary/aromatic N) is 3. The van der Waals surface area contributed by atoms with Crippen LogP contribution >= 0.6 is 36.6 Å². The Kier molecular flexibility index (Phi) is 10.2. The molecule has 5 rings (SSSR count). The molecule has 1 N–H and O–H groups in total. The van der Waals surface area contributed by atoms with Gasteiger partial charge in [-0.1, -0.05) is 11.8 Å². The Morgan fingerprint density at radius 3 is 2.80 bits per heavy atom. The van der Waals surface area contributed by atoms with Crippen molar-refractivity contribution in [3.8, 4) is 11.5 Å². The van der Waals surface area contributed by atoms with Gasteiger partial charge < -0.3 is 19.7 Å². The van der Waals surface area contributed by atoms with Gasteiger partial charge in [-0.15, -0.1) is 24.8 Å². The normalized spacial score (nSPS) is 16.1. The number of halogens is 3. The van der Waals surface area contributed by atoms with Crippen molar-refractivity contribution >= 4 is 47.5 Å². The summed E-state index contributed by atoms with van der Waals surface area (Å²) in [6, 6.07) is 8.23. The van der Waals surface area contributed by atoms with Gasteiger partial charge in [-0.05, 0) is 62.2 Å². The summed E-state index contributed by atoms with van der Waals surface area (Å²) in [6.45, 7) is 4.40. The number of piperidine rings is 1. The van der Waals surface area contributed by atoms with Gasteiger partial charge in [0.05, 0.1) is 25.4 Å². The molecule has 10 heteroatoms.